The van der Waals surface area contributed by atoms with Crippen molar-refractivity contribution < 1.29 is 32.1 Å². The second-order valence-electron chi connectivity index (χ2n) is 7.85. The summed E-state index contributed by atoms with van der Waals surface area (Å²) >= 11 is 0. The Balaban J connectivity index is 1.83. The van der Waals surface area contributed by atoms with Gasteiger partial charge in [0.25, 0.3) is 5.91 Å². The number of alkyl halides is 3. The van der Waals surface area contributed by atoms with E-state index in [0.29, 0.717) is 13.0 Å². The Morgan fingerprint density at radius 2 is 2.10 bits per heavy atom. The molecule has 1 aromatic heterocycles. The number of aromatic nitrogens is 1. The molecule has 1 aliphatic heterocycles. The van der Waals surface area contributed by atoms with Gasteiger partial charge < -0.3 is 15.6 Å². The summed E-state index contributed by atoms with van der Waals surface area (Å²) in [5.41, 5.74) is 8.43. The van der Waals surface area contributed by atoms with Crippen molar-refractivity contribution in [2.45, 2.75) is 44.7 Å². The number of carbonyl (C=O) groups is 3. The Morgan fingerprint density at radius 1 is 1.41 bits per heavy atom. The number of nitrogens with one attached hydrogen (secondary N) is 3. The van der Waals surface area contributed by atoms with E-state index in [9.17, 15) is 27.6 Å². The fourth-order valence-electron chi connectivity index (χ4n) is 3.43. The van der Waals surface area contributed by atoms with Crippen LogP contribution in [0.5, 0.6) is 0 Å². The van der Waals surface area contributed by atoms with E-state index < -0.39 is 40.9 Å². The van der Waals surface area contributed by atoms with Gasteiger partial charge in [-0.1, -0.05) is 12.1 Å². The number of hydrogen-bond acceptors (Lipinski definition) is 6. The molecule has 2 atom stereocenters. The smallest absolute Gasteiger partial charge is 0.364 e. The summed E-state index contributed by atoms with van der Waals surface area (Å²) in [7, 11) is 0. The van der Waals surface area contributed by atoms with Crippen LogP contribution in [0.2, 0.25) is 0 Å². The lowest BCUT2D eigenvalue weighted by molar-refractivity contribution is -0.156. The molecular formula is C17H22F3N5O4. The van der Waals surface area contributed by atoms with Crippen LogP contribution in [-0.2, 0) is 15.8 Å². The fourth-order valence-corrected chi connectivity index (χ4v) is 3.43. The number of nitrogens with two attached hydrogens (primary N) is 1. The zero-order valence-electron chi connectivity index (χ0n) is 15.7. The molecule has 0 unspecified atom stereocenters. The number of hydrogen-bond donors (Lipinski definition) is 4. The molecular weight excluding hydrogens is 395 g/mol. The highest BCUT2D eigenvalue weighted by molar-refractivity contribution is 5.95. The summed E-state index contributed by atoms with van der Waals surface area (Å²) in [6, 6.07) is 0. The zero-order chi connectivity index (χ0) is 21.4. The Hall–Kier alpha value is -2.63. The van der Waals surface area contributed by atoms with E-state index in [1.807, 2.05) is 6.92 Å². The highest BCUT2D eigenvalue weighted by atomic mass is 19.4. The predicted molar refractivity (Wildman–Crippen MR) is 92.0 cm³/mol. The molecule has 0 bridgehead atoms. The van der Waals surface area contributed by atoms with Crippen molar-refractivity contribution in [3.63, 3.8) is 0 Å². The third kappa shape index (κ3) is 4.69. The highest BCUT2D eigenvalue weighted by Gasteiger charge is 2.48. The molecule has 3 rings (SSSR count). The number of amides is 3. The molecule has 0 aromatic carbocycles. The van der Waals surface area contributed by atoms with Crippen LogP contribution in [0.4, 0.5) is 13.2 Å². The maximum atomic E-state index is 13.4. The van der Waals surface area contributed by atoms with Crippen LogP contribution in [0.3, 0.4) is 0 Å². The Morgan fingerprint density at radius 3 is 2.62 bits per heavy atom. The number of halogens is 3. The molecule has 0 spiro atoms. The minimum absolute atomic E-state index is 0.0645. The van der Waals surface area contributed by atoms with Crippen LogP contribution < -0.4 is 21.9 Å². The van der Waals surface area contributed by atoms with Gasteiger partial charge in [-0.05, 0) is 31.1 Å². The third-order valence-corrected chi connectivity index (χ3v) is 5.41. The lowest BCUT2D eigenvalue weighted by Gasteiger charge is -2.21. The Kier molecular flexibility index (Phi) is 5.57. The van der Waals surface area contributed by atoms with Crippen molar-refractivity contribution >= 4 is 17.7 Å². The quantitative estimate of drug-likeness (QED) is 0.462. The second-order valence-corrected chi connectivity index (χ2v) is 7.85. The van der Waals surface area contributed by atoms with Gasteiger partial charge in [-0.2, -0.15) is 13.2 Å². The normalized spacial score (nSPS) is 21.5. The summed E-state index contributed by atoms with van der Waals surface area (Å²) in [6.07, 6.45) is -2.82. The lowest BCUT2D eigenvalue weighted by atomic mass is 9.85. The number of rotatable bonds is 8. The van der Waals surface area contributed by atoms with E-state index in [1.54, 1.807) is 0 Å². The van der Waals surface area contributed by atoms with Crippen LogP contribution in [0, 0.1) is 11.3 Å². The molecule has 5 N–H and O–H groups in total. The molecule has 12 heteroatoms. The van der Waals surface area contributed by atoms with E-state index in [-0.39, 0.29) is 30.2 Å². The molecule has 0 radical (unpaired) electrons. The van der Waals surface area contributed by atoms with Crippen molar-refractivity contribution in [1.82, 2.24) is 21.3 Å². The van der Waals surface area contributed by atoms with Gasteiger partial charge in [0.15, 0.2) is 5.69 Å². The summed E-state index contributed by atoms with van der Waals surface area (Å²) < 4.78 is 44.6. The summed E-state index contributed by atoms with van der Waals surface area (Å²) in [6.45, 7) is 2.49. The van der Waals surface area contributed by atoms with Crippen LogP contribution in [0.25, 0.3) is 0 Å². The van der Waals surface area contributed by atoms with Crippen molar-refractivity contribution in [2.24, 2.45) is 17.1 Å². The summed E-state index contributed by atoms with van der Waals surface area (Å²) in [5.74, 6) is -5.37. The molecule has 1 aromatic rings. The van der Waals surface area contributed by atoms with E-state index in [2.05, 4.69) is 25.8 Å². The molecule has 9 nitrogen and oxygen atoms in total. The van der Waals surface area contributed by atoms with Crippen LogP contribution in [0.15, 0.2) is 4.52 Å². The average molecular weight is 417 g/mol. The third-order valence-electron chi connectivity index (χ3n) is 5.41. The number of carbonyl (C=O) groups excluding carboxylic acids is 3. The minimum Gasteiger partial charge on any atom is -0.364 e. The molecule has 3 amide bonds. The van der Waals surface area contributed by atoms with Gasteiger partial charge in [0.05, 0.1) is 17.4 Å². The topological polar surface area (TPSA) is 139 Å². The minimum atomic E-state index is -4.95. The molecule has 29 heavy (non-hydrogen) atoms. The predicted octanol–water partition coefficient (Wildman–Crippen LogP) is 0.823. The Labute approximate surface area is 163 Å². The Bertz CT molecular complexity index is 818. The molecule has 2 aliphatic rings. The van der Waals surface area contributed by atoms with Gasteiger partial charge in [-0.15, -0.1) is 0 Å². The van der Waals surface area contributed by atoms with E-state index in [0.717, 1.165) is 12.8 Å². The van der Waals surface area contributed by atoms with Crippen LogP contribution in [-0.4, -0.2) is 36.0 Å². The van der Waals surface area contributed by atoms with Crippen LogP contribution >= 0.6 is 0 Å². The maximum Gasteiger partial charge on any atom is 0.452 e. The first-order valence-electron chi connectivity index (χ1n) is 9.19. The lowest BCUT2D eigenvalue weighted by Crippen LogP contribution is -2.44. The zero-order valence-corrected chi connectivity index (χ0v) is 15.7. The van der Waals surface area contributed by atoms with Crippen LogP contribution in [0.1, 0.15) is 60.3 Å². The molecule has 1 aliphatic carbocycles. The van der Waals surface area contributed by atoms with Gasteiger partial charge in [0.2, 0.25) is 17.6 Å². The molecule has 160 valence electrons. The summed E-state index contributed by atoms with van der Waals surface area (Å²) in [5, 5.41) is 5.81. The van der Waals surface area contributed by atoms with Crippen molar-refractivity contribution in [2.75, 3.05) is 13.1 Å². The van der Waals surface area contributed by atoms with Gasteiger partial charge >= 0.3 is 6.18 Å². The molecule has 1 saturated heterocycles. The first-order chi connectivity index (χ1) is 13.5. The van der Waals surface area contributed by atoms with Gasteiger partial charge in [-0.3, -0.25) is 19.8 Å². The van der Waals surface area contributed by atoms with E-state index >= 15 is 0 Å². The fraction of sp³-hybridized carbons (Fsp3) is 0.647. The van der Waals surface area contributed by atoms with E-state index in [1.165, 1.54) is 0 Å². The van der Waals surface area contributed by atoms with E-state index in [4.69, 9.17) is 5.73 Å². The number of hydrazine groups is 1. The SMILES string of the molecule is CC1(C[C@H](C(=O)NNC[C@@H]2CCNC2=O)c2c(C(N)=O)noc2C(F)(F)F)CC1. The number of primary amides is 1. The first-order valence-corrected chi connectivity index (χ1v) is 9.19. The van der Waals surface area contributed by atoms with Gasteiger partial charge in [0.1, 0.15) is 0 Å². The van der Waals surface area contributed by atoms with Gasteiger partial charge in [-0.25, -0.2) is 5.43 Å². The van der Waals surface area contributed by atoms with Gasteiger partial charge in [0, 0.05) is 13.1 Å². The van der Waals surface area contributed by atoms with Crippen molar-refractivity contribution in [3.05, 3.63) is 17.0 Å². The molecule has 1 saturated carbocycles. The first kappa shape index (κ1) is 21.1. The standard InChI is InChI=1S/C17H22F3N5O4/c1-16(3-4-16)6-9(15(28)24-23-7-8-2-5-22-14(8)27)10-11(13(21)26)25-29-12(10)17(18,19)20/h8-9,23H,2-7H2,1H3,(H2,21,26)(H,22,27)(H,24,28)/t8-,9-/m0/s1. The molecule has 2 heterocycles. The largest absolute Gasteiger partial charge is 0.452 e. The summed E-state index contributed by atoms with van der Waals surface area (Å²) in [4.78, 5) is 36.0. The molecule has 2 fully saturated rings. The van der Waals surface area contributed by atoms with Crippen molar-refractivity contribution in [1.29, 1.82) is 0 Å². The maximum absolute atomic E-state index is 13.4. The second kappa shape index (κ2) is 7.65. The van der Waals surface area contributed by atoms with Crippen molar-refractivity contribution in [3.8, 4) is 0 Å². The highest BCUT2D eigenvalue weighted by Crippen LogP contribution is 2.53. The monoisotopic (exact) mass is 417 g/mol. The number of nitrogens with zero attached hydrogens (tertiary/aromatic N) is 1. The average Bonchev–Trinajstić information content (AvgIpc) is 3.03.